The van der Waals surface area contributed by atoms with Crippen molar-refractivity contribution in [1.82, 2.24) is 14.4 Å². The molecule has 7 nitrogen and oxygen atoms in total. The Bertz CT molecular complexity index is 2110. The van der Waals surface area contributed by atoms with Crippen LogP contribution in [0.25, 0.3) is 50.1 Å². The smallest absolute Gasteiger partial charge is 0.300 e. The van der Waals surface area contributed by atoms with Crippen molar-refractivity contribution in [2.75, 3.05) is 14.2 Å². The summed E-state index contributed by atoms with van der Waals surface area (Å²) >= 11 is 20.5. The number of aromatic nitrogens is 3. The maximum atomic E-state index is 12.6. The molecule has 3 aromatic heterocycles. The Balaban J connectivity index is 1.46. The number of fused-ring (bicyclic) bond motifs is 2. The molecule has 6 aromatic rings. The van der Waals surface area contributed by atoms with Gasteiger partial charge in [-0.25, -0.2) is 9.97 Å². The van der Waals surface area contributed by atoms with Gasteiger partial charge in [-0.15, -0.1) is 0 Å². The van der Waals surface area contributed by atoms with Gasteiger partial charge in [0, 0.05) is 33.8 Å². The molecule has 10 heteroatoms. The quantitative estimate of drug-likeness (QED) is 0.176. The van der Waals surface area contributed by atoms with Gasteiger partial charge >= 0.3 is 0 Å². The normalized spacial score (nSPS) is 11.2. The average molecular weight is 617 g/mol. The minimum Gasteiger partial charge on any atom is -0.495 e. The summed E-state index contributed by atoms with van der Waals surface area (Å²) in [5, 5.41) is 1.88. The van der Waals surface area contributed by atoms with Gasteiger partial charge in [0.25, 0.3) is 5.56 Å². The van der Waals surface area contributed by atoms with Crippen molar-refractivity contribution in [2.24, 2.45) is 0 Å². The lowest BCUT2D eigenvalue weighted by Crippen LogP contribution is -2.16. The van der Waals surface area contributed by atoms with Crippen LogP contribution in [0.3, 0.4) is 0 Å². The standard InChI is InChI=1S/C32H20Cl3N3O4/c1-41-26-15-36-27-14-17(11-12-38(27)32(26)40)19-5-3-6-20(28(19)34)21-7-4-8-22(29(21)35)25-10-9-23-30(37-25)24(33)13-18(16-39)31(23)42-2/h3-16H,1-2H3. The monoisotopic (exact) mass is 615 g/mol. The fourth-order valence-corrected chi connectivity index (χ4v) is 5.90. The number of aldehydes is 1. The van der Waals surface area contributed by atoms with E-state index in [4.69, 9.17) is 49.3 Å². The second-order valence-electron chi connectivity index (χ2n) is 9.30. The van der Waals surface area contributed by atoms with Crippen LogP contribution >= 0.6 is 34.8 Å². The van der Waals surface area contributed by atoms with E-state index in [1.54, 1.807) is 30.5 Å². The second-order valence-corrected chi connectivity index (χ2v) is 10.5. The highest BCUT2D eigenvalue weighted by molar-refractivity contribution is 6.39. The van der Waals surface area contributed by atoms with Gasteiger partial charge < -0.3 is 9.47 Å². The van der Waals surface area contributed by atoms with Gasteiger partial charge in [-0.05, 0) is 35.9 Å². The molecule has 0 unspecified atom stereocenters. The largest absolute Gasteiger partial charge is 0.495 e. The molecule has 0 aliphatic rings. The van der Waals surface area contributed by atoms with Crippen LogP contribution in [0.2, 0.25) is 15.1 Å². The molecule has 0 aliphatic heterocycles. The van der Waals surface area contributed by atoms with Crippen LogP contribution in [0.5, 0.6) is 11.5 Å². The van der Waals surface area contributed by atoms with Crippen LogP contribution in [0.15, 0.2) is 83.9 Å². The van der Waals surface area contributed by atoms with Crippen LogP contribution in [0.4, 0.5) is 0 Å². The highest BCUT2D eigenvalue weighted by Gasteiger charge is 2.19. The SMILES string of the molecule is COc1cnc2cc(-c3cccc(-c4cccc(-c5ccc6c(OC)c(C=O)cc(Cl)c6n5)c4Cl)c3Cl)ccn2c1=O. The van der Waals surface area contributed by atoms with Crippen molar-refractivity contribution in [3.05, 3.63) is 110 Å². The average Bonchev–Trinajstić information content (AvgIpc) is 3.01. The molecule has 0 aliphatic carbocycles. The van der Waals surface area contributed by atoms with E-state index in [0.29, 0.717) is 66.0 Å². The van der Waals surface area contributed by atoms with E-state index >= 15 is 0 Å². The summed E-state index contributed by atoms with van der Waals surface area (Å²) in [6.45, 7) is 0. The number of benzene rings is 3. The first-order chi connectivity index (χ1) is 20.4. The number of nitrogens with zero attached hydrogens (tertiary/aromatic N) is 3. The molecular weight excluding hydrogens is 597 g/mol. The van der Waals surface area contributed by atoms with E-state index < -0.39 is 0 Å². The van der Waals surface area contributed by atoms with E-state index in [1.165, 1.54) is 30.9 Å². The van der Waals surface area contributed by atoms with Gasteiger partial charge in [0.2, 0.25) is 5.75 Å². The molecule has 3 aromatic carbocycles. The molecule has 0 saturated heterocycles. The van der Waals surface area contributed by atoms with E-state index in [2.05, 4.69) is 4.98 Å². The predicted molar refractivity (Wildman–Crippen MR) is 167 cm³/mol. The van der Waals surface area contributed by atoms with Crippen LogP contribution in [0, 0.1) is 0 Å². The van der Waals surface area contributed by atoms with E-state index in [1.807, 2.05) is 36.4 Å². The molecule has 0 saturated carbocycles. The third-order valence-electron chi connectivity index (χ3n) is 7.01. The Morgan fingerprint density at radius 2 is 1.52 bits per heavy atom. The van der Waals surface area contributed by atoms with E-state index in [0.717, 1.165) is 16.7 Å². The lowest BCUT2D eigenvalue weighted by atomic mass is 9.97. The first kappa shape index (κ1) is 27.7. The first-order valence-corrected chi connectivity index (χ1v) is 13.8. The summed E-state index contributed by atoms with van der Waals surface area (Å²) in [7, 11) is 2.92. The summed E-state index contributed by atoms with van der Waals surface area (Å²) in [4.78, 5) is 33.2. The van der Waals surface area contributed by atoms with E-state index in [9.17, 15) is 9.59 Å². The number of halogens is 3. The molecule has 0 N–H and O–H groups in total. The van der Waals surface area contributed by atoms with Gasteiger partial charge in [-0.3, -0.25) is 14.0 Å². The number of rotatable bonds is 6. The number of carbonyl (C=O) groups is 1. The maximum absolute atomic E-state index is 12.6. The number of hydrogen-bond donors (Lipinski definition) is 0. The van der Waals surface area contributed by atoms with Gasteiger partial charge in [0.05, 0.1) is 52.3 Å². The zero-order valence-electron chi connectivity index (χ0n) is 22.2. The molecule has 0 spiro atoms. The Kier molecular flexibility index (Phi) is 7.33. The predicted octanol–water partition coefficient (Wildman–Crippen LogP) is 8.03. The van der Waals surface area contributed by atoms with Crippen LogP contribution in [-0.4, -0.2) is 34.9 Å². The van der Waals surface area contributed by atoms with Gasteiger partial charge in [-0.1, -0.05) is 71.2 Å². The molecule has 6 rings (SSSR count). The van der Waals surface area contributed by atoms with Gasteiger partial charge in [-0.2, -0.15) is 0 Å². The molecule has 208 valence electrons. The van der Waals surface area contributed by atoms with Crippen LogP contribution < -0.4 is 15.0 Å². The number of pyridine rings is 2. The first-order valence-electron chi connectivity index (χ1n) is 12.6. The van der Waals surface area contributed by atoms with Crippen molar-refractivity contribution in [1.29, 1.82) is 0 Å². The van der Waals surface area contributed by atoms with Crippen LogP contribution in [-0.2, 0) is 0 Å². The maximum Gasteiger partial charge on any atom is 0.300 e. The molecule has 0 radical (unpaired) electrons. The highest BCUT2D eigenvalue weighted by atomic mass is 35.5. The summed E-state index contributed by atoms with van der Waals surface area (Å²) < 4.78 is 12.0. The van der Waals surface area contributed by atoms with Crippen molar-refractivity contribution >= 4 is 57.6 Å². The van der Waals surface area contributed by atoms with Crippen LogP contribution in [0.1, 0.15) is 10.4 Å². The molecule has 0 atom stereocenters. The number of carbonyl (C=O) groups excluding carboxylic acids is 1. The fraction of sp³-hybridized carbons (Fsp3) is 0.0625. The highest BCUT2D eigenvalue weighted by Crippen LogP contribution is 2.43. The van der Waals surface area contributed by atoms with Crippen molar-refractivity contribution in [2.45, 2.75) is 0 Å². The summed E-state index contributed by atoms with van der Waals surface area (Å²) in [6, 6.07) is 20.0. The van der Waals surface area contributed by atoms with E-state index in [-0.39, 0.29) is 11.3 Å². The topological polar surface area (TPSA) is 82.8 Å². The second kappa shape index (κ2) is 11.1. The molecule has 0 amide bonds. The number of hydrogen-bond acceptors (Lipinski definition) is 6. The minimum atomic E-state index is -0.302. The third kappa shape index (κ3) is 4.56. The molecule has 0 fully saturated rings. The number of methoxy groups -OCH3 is 2. The van der Waals surface area contributed by atoms with Crippen molar-refractivity contribution < 1.29 is 14.3 Å². The molecular formula is C32H20Cl3N3O4. The van der Waals surface area contributed by atoms with Crippen molar-refractivity contribution in [3.63, 3.8) is 0 Å². The van der Waals surface area contributed by atoms with Crippen molar-refractivity contribution in [3.8, 4) is 45.0 Å². The zero-order valence-corrected chi connectivity index (χ0v) is 24.5. The lowest BCUT2D eigenvalue weighted by molar-refractivity contribution is 0.112. The number of ether oxygens (including phenoxy) is 2. The Morgan fingerprint density at radius 3 is 2.21 bits per heavy atom. The molecule has 3 heterocycles. The fourth-order valence-electron chi connectivity index (χ4n) is 4.98. The third-order valence-corrected chi connectivity index (χ3v) is 8.12. The Labute approximate surface area is 254 Å². The van der Waals surface area contributed by atoms with Gasteiger partial charge in [0.15, 0.2) is 6.29 Å². The molecule has 0 bridgehead atoms. The Hall–Kier alpha value is -4.43. The Morgan fingerprint density at radius 1 is 0.833 bits per heavy atom. The summed E-state index contributed by atoms with van der Waals surface area (Å²) in [5.41, 5.74) is 5.20. The zero-order chi connectivity index (χ0) is 29.5. The minimum absolute atomic E-state index is 0.155. The summed E-state index contributed by atoms with van der Waals surface area (Å²) in [5.74, 6) is 0.558. The van der Waals surface area contributed by atoms with Gasteiger partial charge in [0.1, 0.15) is 11.4 Å². The lowest BCUT2D eigenvalue weighted by Gasteiger charge is -2.15. The molecule has 42 heavy (non-hydrogen) atoms. The summed E-state index contributed by atoms with van der Waals surface area (Å²) in [6.07, 6.45) is 3.74.